The molecule has 0 fully saturated rings. The second-order valence-electron chi connectivity index (χ2n) is 6.05. The zero-order valence-corrected chi connectivity index (χ0v) is 17.2. The van der Waals surface area contributed by atoms with E-state index in [1.54, 1.807) is 18.2 Å². The first-order valence-electron chi connectivity index (χ1n) is 8.38. The first-order chi connectivity index (χ1) is 13.8. The van der Waals surface area contributed by atoms with Crippen LogP contribution in [0.3, 0.4) is 0 Å². The number of nitrogens with one attached hydrogen (secondary N) is 1. The summed E-state index contributed by atoms with van der Waals surface area (Å²) >= 11 is 11.6. The number of halogens is 2. The molecule has 0 saturated heterocycles. The summed E-state index contributed by atoms with van der Waals surface area (Å²) in [6, 6.07) is 16.4. The van der Waals surface area contributed by atoms with Crippen molar-refractivity contribution in [1.82, 2.24) is 4.72 Å². The van der Waals surface area contributed by atoms with Crippen LogP contribution in [0, 0.1) is 0 Å². The molecule has 6 nitrogen and oxygen atoms in total. The van der Waals surface area contributed by atoms with Crippen LogP contribution in [0.5, 0.6) is 0 Å². The van der Waals surface area contributed by atoms with Crippen LogP contribution in [0.4, 0.5) is 0 Å². The summed E-state index contributed by atoms with van der Waals surface area (Å²) in [5.41, 5.74) is 0.396. The van der Waals surface area contributed by atoms with E-state index in [1.165, 1.54) is 18.2 Å². The van der Waals surface area contributed by atoms with Crippen molar-refractivity contribution in [3.8, 4) is 0 Å². The number of carbonyl (C=O) groups is 2. The van der Waals surface area contributed by atoms with E-state index in [9.17, 15) is 18.0 Å². The lowest BCUT2D eigenvalue weighted by Crippen LogP contribution is -2.31. The van der Waals surface area contributed by atoms with E-state index >= 15 is 0 Å². The van der Waals surface area contributed by atoms with Gasteiger partial charge >= 0.3 is 5.97 Å². The van der Waals surface area contributed by atoms with Crippen molar-refractivity contribution >= 4 is 55.8 Å². The highest BCUT2D eigenvalue weighted by molar-refractivity contribution is 7.89. The molecule has 0 aliphatic carbocycles. The van der Waals surface area contributed by atoms with Crippen LogP contribution in [-0.2, 0) is 19.6 Å². The highest BCUT2D eigenvalue weighted by Gasteiger charge is 2.18. The van der Waals surface area contributed by atoms with Crippen molar-refractivity contribution in [2.24, 2.45) is 0 Å². The van der Waals surface area contributed by atoms with Gasteiger partial charge in [0.1, 0.15) is 6.54 Å². The van der Waals surface area contributed by atoms with Gasteiger partial charge in [-0.25, -0.2) is 8.42 Å². The average molecular weight is 452 g/mol. The number of ether oxygens (including phenoxy) is 1. The largest absolute Gasteiger partial charge is 0.456 e. The molecule has 0 spiro atoms. The van der Waals surface area contributed by atoms with E-state index in [2.05, 4.69) is 4.72 Å². The Morgan fingerprint density at radius 3 is 2.34 bits per heavy atom. The minimum absolute atomic E-state index is 0.0677. The predicted octanol–water partition coefficient (Wildman–Crippen LogP) is 3.85. The predicted molar refractivity (Wildman–Crippen MR) is 111 cm³/mol. The van der Waals surface area contributed by atoms with Crippen molar-refractivity contribution in [3.63, 3.8) is 0 Å². The van der Waals surface area contributed by atoms with Gasteiger partial charge in [-0.1, -0.05) is 59.6 Å². The fourth-order valence-electron chi connectivity index (χ4n) is 2.52. The van der Waals surface area contributed by atoms with E-state index < -0.39 is 34.9 Å². The Hall–Kier alpha value is -2.45. The number of carbonyl (C=O) groups excluding carboxylic acids is 2. The highest BCUT2D eigenvalue weighted by Crippen LogP contribution is 2.24. The van der Waals surface area contributed by atoms with Crippen LogP contribution < -0.4 is 4.72 Å². The fourth-order valence-corrected chi connectivity index (χ4v) is 3.88. The summed E-state index contributed by atoms with van der Waals surface area (Å²) in [5, 5.41) is 2.15. The molecule has 150 valence electrons. The van der Waals surface area contributed by atoms with Gasteiger partial charge in [0.25, 0.3) is 0 Å². The maximum absolute atomic E-state index is 12.2. The molecule has 0 aliphatic rings. The lowest BCUT2D eigenvalue weighted by atomic mass is 10.0. The molecule has 0 amide bonds. The van der Waals surface area contributed by atoms with Gasteiger partial charge in [-0.05, 0) is 35.0 Å². The van der Waals surface area contributed by atoms with E-state index in [-0.39, 0.29) is 14.9 Å². The van der Waals surface area contributed by atoms with Gasteiger partial charge in [0.15, 0.2) is 12.4 Å². The molecule has 0 aliphatic heterocycles. The van der Waals surface area contributed by atoms with Crippen molar-refractivity contribution in [3.05, 3.63) is 76.3 Å². The number of benzene rings is 3. The summed E-state index contributed by atoms with van der Waals surface area (Å²) in [5.74, 6) is -1.28. The molecular weight excluding hydrogens is 437 g/mol. The Morgan fingerprint density at radius 1 is 0.897 bits per heavy atom. The molecule has 0 aromatic heterocycles. The number of rotatable bonds is 7. The second kappa shape index (κ2) is 8.92. The molecule has 3 aromatic carbocycles. The number of Topliss-reactive ketones (excluding diaryl/α,β-unsaturated/α-hetero) is 1. The Labute approximate surface area is 177 Å². The first kappa shape index (κ1) is 21.3. The van der Waals surface area contributed by atoms with Gasteiger partial charge in [-0.15, -0.1) is 0 Å². The van der Waals surface area contributed by atoms with Gasteiger partial charge in [-0.3, -0.25) is 9.59 Å². The van der Waals surface area contributed by atoms with Crippen LogP contribution in [-0.4, -0.2) is 33.3 Å². The van der Waals surface area contributed by atoms with Crippen LogP contribution in [0.25, 0.3) is 10.8 Å². The van der Waals surface area contributed by atoms with Gasteiger partial charge in [0, 0.05) is 5.56 Å². The van der Waals surface area contributed by atoms with E-state index in [1.807, 2.05) is 24.3 Å². The molecule has 0 heterocycles. The first-order valence-corrected chi connectivity index (χ1v) is 10.6. The van der Waals surface area contributed by atoms with E-state index in [0.717, 1.165) is 10.8 Å². The number of fused-ring (bicyclic) bond motifs is 1. The summed E-state index contributed by atoms with van der Waals surface area (Å²) in [6.45, 7) is -1.13. The summed E-state index contributed by atoms with van der Waals surface area (Å²) in [6.07, 6.45) is 0. The average Bonchev–Trinajstić information content (AvgIpc) is 2.72. The van der Waals surface area contributed by atoms with Gasteiger partial charge in [-0.2, -0.15) is 4.72 Å². The van der Waals surface area contributed by atoms with Gasteiger partial charge < -0.3 is 4.74 Å². The van der Waals surface area contributed by atoms with Crippen molar-refractivity contribution < 1.29 is 22.7 Å². The molecule has 29 heavy (non-hydrogen) atoms. The van der Waals surface area contributed by atoms with E-state index in [4.69, 9.17) is 27.9 Å². The Kier molecular flexibility index (Phi) is 6.54. The SMILES string of the molecule is O=C(CNS(=O)(=O)c1ccc(Cl)c(Cl)c1)OCC(=O)c1ccc2ccccc2c1. The lowest BCUT2D eigenvalue weighted by molar-refractivity contribution is -0.141. The molecule has 1 N–H and O–H groups in total. The second-order valence-corrected chi connectivity index (χ2v) is 8.63. The topological polar surface area (TPSA) is 89.5 Å². The quantitative estimate of drug-likeness (QED) is 0.435. The molecule has 0 unspecified atom stereocenters. The van der Waals surface area contributed by atoms with Crippen LogP contribution >= 0.6 is 23.2 Å². The Morgan fingerprint density at radius 2 is 1.62 bits per heavy atom. The van der Waals surface area contributed by atoms with Crippen molar-refractivity contribution in [2.45, 2.75) is 4.90 Å². The lowest BCUT2D eigenvalue weighted by Gasteiger charge is -2.08. The standard InChI is InChI=1S/C20H15Cl2NO5S/c21-17-8-7-16(10-18(17)22)29(26,27)23-11-20(25)28-12-19(24)15-6-5-13-3-1-2-4-14(13)9-15/h1-10,23H,11-12H2. The minimum Gasteiger partial charge on any atom is -0.456 e. The molecule has 0 bridgehead atoms. The zero-order chi connectivity index (χ0) is 21.0. The summed E-state index contributed by atoms with van der Waals surface area (Å²) in [4.78, 5) is 23.9. The molecule has 3 rings (SSSR count). The zero-order valence-electron chi connectivity index (χ0n) is 14.9. The minimum atomic E-state index is -3.99. The molecule has 0 radical (unpaired) electrons. The summed E-state index contributed by atoms with van der Waals surface area (Å²) < 4.78 is 31.4. The molecule has 0 atom stereocenters. The normalized spacial score (nSPS) is 11.4. The Balaban J connectivity index is 1.56. The fraction of sp³-hybridized carbons (Fsp3) is 0.100. The molecule has 3 aromatic rings. The third-order valence-electron chi connectivity index (χ3n) is 4.04. The smallest absolute Gasteiger partial charge is 0.321 e. The number of esters is 1. The third kappa shape index (κ3) is 5.33. The molecule has 9 heteroatoms. The van der Waals surface area contributed by atoms with Gasteiger partial charge in [0.05, 0.1) is 14.9 Å². The maximum atomic E-state index is 12.2. The number of ketones is 1. The number of hydrogen-bond acceptors (Lipinski definition) is 5. The van der Waals surface area contributed by atoms with Crippen LogP contribution in [0.15, 0.2) is 65.6 Å². The van der Waals surface area contributed by atoms with Gasteiger partial charge in [0.2, 0.25) is 10.0 Å². The highest BCUT2D eigenvalue weighted by atomic mass is 35.5. The monoisotopic (exact) mass is 451 g/mol. The van der Waals surface area contributed by atoms with Crippen LogP contribution in [0.2, 0.25) is 10.0 Å². The maximum Gasteiger partial charge on any atom is 0.321 e. The molecular formula is C20H15Cl2NO5S. The summed E-state index contributed by atoms with van der Waals surface area (Å²) in [7, 11) is -3.99. The Bertz CT molecular complexity index is 1190. The van der Waals surface area contributed by atoms with Crippen LogP contribution in [0.1, 0.15) is 10.4 Å². The number of sulfonamides is 1. The van der Waals surface area contributed by atoms with Crippen molar-refractivity contribution in [1.29, 1.82) is 0 Å². The third-order valence-corrected chi connectivity index (χ3v) is 6.18. The van der Waals surface area contributed by atoms with E-state index in [0.29, 0.717) is 5.56 Å². The van der Waals surface area contributed by atoms with Crippen molar-refractivity contribution in [2.75, 3.05) is 13.2 Å². The molecule has 0 saturated carbocycles. The number of hydrogen-bond donors (Lipinski definition) is 1.